The fourth-order valence-electron chi connectivity index (χ4n) is 6.16. The van der Waals surface area contributed by atoms with Crippen molar-refractivity contribution in [2.45, 2.75) is 57.7 Å². The number of aliphatic hydroxyl groups is 1. The smallest absolute Gasteiger partial charge is 0.251 e. The van der Waals surface area contributed by atoms with Gasteiger partial charge in [-0.05, 0) is 74.1 Å². The predicted octanol–water partition coefficient (Wildman–Crippen LogP) is 5.85. The highest BCUT2D eigenvalue weighted by atomic mass is 32.3. The van der Waals surface area contributed by atoms with Gasteiger partial charge in [0.2, 0.25) is 0 Å². The van der Waals surface area contributed by atoms with E-state index in [1.807, 2.05) is 92.3 Å². The van der Waals surface area contributed by atoms with Gasteiger partial charge in [-0.25, -0.2) is 0 Å². The van der Waals surface area contributed by atoms with Crippen LogP contribution in [0.4, 0.5) is 5.69 Å². The van der Waals surface area contributed by atoms with Crippen LogP contribution in [0.25, 0.3) is 10.9 Å². The lowest BCUT2D eigenvalue weighted by atomic mass is 9.93. The molecule has 5 N–H and O–H groups in total. The van der Waals surface area contributed by atoms with E-state index in [2.05, 4.69) is 17.6 Å². The van der Waals surface area contributed by atoms with Gasteiger partial charge in [0.1, 0.15) is 5.75 Å². The van der Waals surface area contributed by atoms with Crippen LogP contribution < -0.4 is 19.7 Å². The molecular formula is C35H46N4O5S. The lowest BCUT2D eigenvalue weighted by molar-refractivity contribution is 0.0814. The second kappa shape index (κ2) is 13.4. The zero-order chi connectivity index (χ0) is 32.4. The van der Waals surface area contributed by atoms with Gasteiger partial charge in [0.15, 0.2) is 0 Å². The molecule has 0 radical (unpaired) electrons. The molecule has 1 fully saturated rings. The summed E-state index contributed by atoms with van der Waals surface area (Å²) in [5.41, 5.74) is 4.53. The molecule has 242 valence electrons. The Kier molecular flexibility index (Phi) is 9.81. The number of benzene rings is 3. The highest BCUT2D eigenvalue weighted by Crippen LogP contribution is 2.53. The van der Waals surface area contributed by atoms with E-state index in [0.29, 0.717) is 36.4 Å². The van der Waals surface area contributed by atoms with Gasteiger partial charge in [0.25, 0.3) is 5.91 Å². The molecule has 1 aromatic heterocycles. The number of aromatic nitrogens is 1. The maximum Gasteiger partial charge on any atom is 0.251 e. The highest BCUT2D eigenvalue weighted by molar-refractivity contribution is 8.25. The maximum absolute atomic E-state index is 14.0. The van der Waals surface area contributed by atoms with Crippen LogP contribution in [-0.4, -0.2) is 62.8 Å². The van der Waals surface area contributed by atoms with Crippen molar-refractivity contribution < 1.29 is 23.7 Å². The summed E-state index contributed by atoms with van der Waals surface area (Å²) in [4.78, 5) is 14.0. The monoisotopic (exact) mass is 634 g/mol. The van der Waals surface area contributed by atoms with E-state index in [1.54, 1.807) is 17.5 Å². The van der Waals surface area contributed by atoms with E-state index in [0.717, 1.165) is 39.8 Å². The third-order valence-corrected chi connectivity index (χ3v) is 10.7. The van der Waals surface area contributed by atoms with E-state index < -0.39 is 28.5 Å². The average molecular weight is 635 g/mol. The predicted molar refractivity (Wildman–Crippen MR) is 183 cm³/mol. The number of hydrogen-bond acceptors (Lipinski definition) is 7. The van der Waals surface area contributed by atoms with Crippen molar-refractivity contribution in [2.75, 3.05) is 30.3 Å². The van der Waals surface area contributed by atoms with Gasteiger partial charge in [0.05, 0.1) is 36.2 Å². The van der Waals surface area contributed by atoms with Crippen LogP contribution in [0.2, 0.25) is 0 Å². The molecule has 2 heterocycles. The van der Waals surface area contributed by atoms with Gasteiger partial charge in [-0.1, -0.05) is 49.4 Å². The zero-order valence-corrected chi connectivity index (χ0v) is 27.6. The first kappa shape index (κ1) is 32.8. The molecule has 9 nitrogen and oxygen atoms in total. The average Bonchev–Trinajstić information content (AvgIpc) is 3.56. The van der Waals surface area contributed by atoms with E-state index in [-0.39, 0.29) is 12.5 Å². The fraction of sp³-hybridized carbons (Fsp3) is 0.400. The second-order valence-electron chi connectivity index (χ2n) is 12.4. The Hall–Kier alpha value is -3.54. The first-order valence-electron chi connectivity index (χ1n) is 15.5. The number of carbonyl (C=O) groups is 1. The number of amides is 1. The zero-order valence-electron chi connectivity index (χ0n) is 26.8. The standard InChI is InChI=1S/C35H46N4O5S/c1-6-25-23-38(4)33-29(25)19-26(20-31(33)39-16-11-17-45(39,42)43)34(41)37-30(18-24-12-8-7-9-13-24)32(40)22-36-35(2,3)27-14-10-15-28(21-27)44-5/h7-10,12-15,19-21,23,30,32,36,40,42-43H,6,11,16-18,22H2,1-5H3,(H,37,41)/t30-,32+/m0/s1. The fourth-order valence-corrected chi connectivity index (χ4v) is 7.77. The molecule has 5 rings (SSSR count). The van der Waals surface area contributed by atoms with Gasteiger partial charge < -0.3 is 25.0 Å². The van der Waals surface area contributed by atoms with Gasteiger partial charge in [-0.3, -0.25) is 18.2 Å². The van der Waals surface area contributed by atoms with Crippen molar-refractivity contribution in [1.29, 1.82) is 0 Å². The molecule has 1 amide bonds. The number of nitrogens with one attached hydrogen (secondary N) is 2. The number of ether oxygens (including phenoxy) is 1. The quantitative estimate of drug-likeness (QED) is 0.133. The highest BCUT2D eigenvalue weighted by Gasteiger charge is 2.33. The lowest BCUT2D eigenvalue weighted by Crippen LogP contribution is -2.51. The number of hydrogen-bond donors (Lipinski definition) is 5. The maximum atomic E-state index is 14.0. The van der Waals surface area contributed by atoms with Crippen molar-refractivity contribution in [2.24, 2.45) is 7.05 Å². The largest absolute Gasteiger partial charge is 0.497 e. The molecule has 4 aromatic rings. The van der Waals surface area contributed by atoms with Crippen LogP contribution in [0.15, 0.2) is 72.9 Å². The molecule has 10 heteroatoms. The topological polar surface area (TPSA) is 119 Å². The number of anilines is 1. The number of rotatable bonds is 12. The summed E-state index contributed by atoms with van der Waals surface area (Å²) in [6.45, 7) is 6.89. The van der Waals surface area contributed by atoms with Crippen LogP contribution in [0.5, 0.6) is 5.75 Å². The normalized spacial score (nSPS) is 16.8. The van der Waals surface area contributed by atoms with Crippen LogP contribution in [0.1, 0.15) is 54.2 Å². The summed E-state index contributed by atoms with van der Waals surface area (Å²) in [5.74, 6) is 0.737. The summed E-state index contributed by atoms with van der Waals surface area (Å²) >= 11 is 0. The summed E-state index contributed by atoms with van der Waals surface area (Å²) in [5, 5.41) is 19.1. The minimum atomic E-state index is -2.98. The molecular weight excluding hydrogens is 588 g/mol. The molecule has 0 bridgehead atoms. The second-order valence-corrected chi connectivity index (χ2v) is 14.5. The number of methoxy groups -OCH3 is 1. The molecule has 45 heavy (non-hydrogen) atoms. The molecule has 3 aromatic carbocycles. The Labute approximate surface area is 267 Å². The number of nitrogens with zero attached hydrogens (tertiary/aromatic N) is 2. The summed E-state index contributed by atoms with van der Waals surface area (Å²) < 4.78 is 30.8. The summed E-state index contributed by atoms with van der Waals surface area (Å²) in [6, 6.07) is 20.7. The van der Waals surface area contributed by atoms with Crippen LogP contribution in [0, 0.1) is 0 Å². The third kappa shape index (κ3) is 7.15. The van der Waals surface area contributed by atoms with Gasteiger partial charge in [-0.15, -0.1) is 10.8 Å². The van der Waals surface area contributed by atoms with Crippen molar-refractivity contribution in [3.8, 4) is 5.75 Å². The lowest BCUT2D eigenvalue weighted by Gasteiger charge is -2.38. The molecule has 0 aliphatic carbocycles. The van der Waals surface area contributed by atoms with E-state index in [9.17, 15) is 19.0 Å². The van der Waals surface area contributed by atoms with Crippen LogP contribution in [0.3, 0.4) is 0 Å². The molecule has 0 spiro atoms. The number of fused-ring (bicyclic) bond motifs is 1. The number of aliphatic hydroxyl groups excluding tert-OH is 1. The van der Waals surface area contributed by atoms with Gasteiger partial charge in [-0.2, -0.15) is 0 Å². The van der Waals surface area contributed by atoms with Crippen molar-refractivity contribution >= 4 is 33.3 Å². The molecule has 0 saturated carbocycles. The Morgan fingerprint density at radius 2 is 1.84 bits per heavy atom. The van der Waals surface area contributed by atoms with E-state index in [4.69, 9.17) is 4.74 Å². The molecule has 0 unspecified atom stereocenters. The van der Waals surface area contributed by atoms with Crippen molar-refractivity contribution in [3.63, 3.8) is 0 Å². The van der Waals surface area contributed by atoms with Gasteiger partial charge in [0, 0.05) is 42.8 Å². The van der Waals surface area contributed by atoms with Gasteiger partial charge >= 0.3 is 0 Å². The van der Waals surface area contributed by atoms with Crippen LogP contribution >= 0.6 is 10.8 Å². The summed E-state index contributed by atoms with van der Waals surface area (Å²) in [6.07, 6.45) is 2.99. The molecule has 2 atom stereocenters. The Bertz CT molecular complexity index is 1640. The summed E-state index contributed by atoms with van der Waals surface area (Å²) in [7, 11) is 0.598. The SMILES string of the molecule is CCc1cn(C)c2c(N3CCCS3(O)O)cc(C(=O)N[C@@H](Cc3ccccc3)[C@H](O)CNC(C)(C)c3cccc(OC)c3)cc12. The molecule has 1 aliphatic rings. The van der Waals surface area contributed by atoms with Crippen molar-refractivity contribution in [1.82, 2.24) is 15.2 Å². The Morgan fingerprint density at radius 3 is 2.51 bits per heavy atom. The van der Waals surface area contributed by atoms with E-state index in [1.165, 1.54) is 0 Å². The molecule has 1 saturated heterocycles. The number of carbonyl (C=O) groups excluding carboxylic acids is 1. The Morgan fingerprint density at radius 1 is 1.09 bits per heavy atom. The third-order valence-electron chi connectivity index (χ3n) is 8.81. The van der Waals surface area contributed by atoms with Crippen LogP contribution in [-0.2, 0) is 25.4 Å². The van der Waals surface area contributed by atoms with Crippen molar-refractivity contribution in [3.05, 3.63) is 95.2 Å². The Balaban J connectivity index is 1.44. The minimum Gasteiger partial charge on any atom is -0.497 e. The van der Waals surface area contributed by atoms with E-state index >= 15 is 0 Å². The first-order chi connectivity index (χ1) is 21.4. The number of aryl methyl sites for hydroxylation is 2. The minimum absolute atomic E-state index is 0.236. The molecule has 1 aliphatic heterocycles. The first-order valence-corrected chi connectivity index (χ1v) is 17.2.